The number of hydrogen-bond acceptors (Lipinski definition) is 5. The predicted molar refractivity (Wildman–Crippen MR) is 45.4 cm³/mol. The lowest BCUT2D eigenvalue weighted by Crippen LogP contribution is -2.40. The van der Waals surface area contributed by atoms with E-state index in [1.807, 2.05) is 0 Å². The van der Waals surface area contributed by atoms with Crippen LogP contribution in [0.4, 0.5) is 0 Å². The van der Waals surface area contributed by atoms with E-state index in [1.165, 1.54) is 0 Å². The standard InChI is InChI=1S/C9H14O5/c1-5(2-3-10)12-8-6(11)4-7-9(13-7)14-8/h3,5-9,11H,2,4H2,1H3/t5-,6?,7-,8-,9?/m1/s1. The van der Waals surface area contributed by atoms with Gasteiger partial charge in [0.25, 0.3) is 0 Å². The number of rotatable bonds is 4. The third-order valence-corrected chi connectivity index (χ3v) is 2.39. The summed E-state index contributed by atoms with van der Waals surface area (Å²) in [6, 6.07) is 0. The highest BCUT2D eigenvalue weighted by Gasteiger charge is 2.50. The lowest BCUT2D eigenvalue weighted by molar-refractivity contribution is -0.238. The molecule has 2 aliphatic heterocycles. The summed E-state index contributed by atoms with van der Waals surface area (Å²) in [5.41, 5.74) is 0. The summed E-state index contributed by atoms with van der Waals surface area (Å²) in [5, 5.41) is 9.56. The van der Waals surface area contributed by atoms with Gasteiger partial charge in [-0.2, -0.15) is 0 Å². The fourth-order valence-electron chi connectivity index (χ4n) is 1.53. The minimum absolute atomic E-state index is 0.0335. The Kier molecular flexibility index (Phi) is 2.83. The quantitative estimate of drug-likeness (QED) is 0.505. The topological polar surface area (TPSA) is 68.3 Å². The molecule has 0 aromatic rings. The van der Waals surface area contributed by atoms with Crippen molar-refractivity contribution < 1.29 is 24.1 Å². The summed E-state index contributed by atoms with van der Waals surface area (Å²) in [5.74, 6) is 0. The summed E-state index contributed by atoms with van der Waals surface area (Å²) < 4.78 is 15.7. The maximum atomic E-state index is 10.2. The molecule has 2 rings (SSSR count). The molecule has 0 aromatic heterocycles. The zero-order valence-corrected chi connectivity index (χ0v) is 7.96. The van der Waals surface area contributed by atoms with Gasteiger partial charge in [-0.25, -0.2) is 0 Å². The number of aldehydes is 1. The zero-order valence-electron chi connectivity index (χ0n) is 7.96. The van der Waals surface area contributed by atoms with E-state index in [4.69, 9.17) is 14.2 Å². The average molecular weight is 202 g/mol. The predicted octanol–water partition coefficient (Wildman–Crippen LogP) is -0.187. The van der Waals surface area contributed by atoms with Crippen LogP contribution in [-0.2, 0) is 19.0 Å². The van der Waals surface area contributed by atoms with Crippen LogP contribution >= 0.6 is 0 Å². The number of fused-ring (bicyclic) bond motifs is 1. The number of carbonyl (C=O) groups is 1. The fraction of sp³-hybridized carbons (Fsp3) is 0.889. The first-order valence-electron chi connectivity index (χ1n) is 4.79. The molecule has 14 heavy (non-hydrogen) atoms. The molecule has 1 N–H and O–H groups in total. The van der Waals surface area contributed by atoms with Gasteiger partial charge in [0.05, 0.1) is 6.10 Å². The molecule has 5 heteroatoms. The molecule has 0 bridgehead atoms. The molecule has 2 fully saturated rings. The molecule has 0 spiro atoms. The summed E-state index contributed by atoms with van der Waals surface area (Å²) in [7, 11) is 0. The Morgan fingerprint density at radius 2 is 2.43 bits per heavy atom. The molecule has 0 saturated carbocycles. The fourth-order valence-corrected chi connectivity index (χ4v) is 1.53. The van der Waals surface area contributed by atoms with Gasteiger partial charge in [0.15, 0.2) is 12.6 Å². The van der Waals surface area contributed by atoms with Crippen LogP contribution in [0.25, 0.3) is 0 Å². The summed E-state index contributed by atoms with van der Waals surface area (Å²) in [4.78, 5) is 10.2. The highest BCUT2D eigenvalue weighted by atomic mass is 16.8. The summed E-state index contributed by atoms with van der Waals surface area (Å²) in [6.07, 6.45) is -0.0943. The number of hydrogen-bond donors (Lipinski definition) is 1. The number of ether oxygens (including phenoxy) is 3. The van der Waals surface area contributed by atoms with E-state index in [9.17, 15) is 9.90 Å². The average Bonchev–Trinajstić information content (AvgIpc) is 2.83. The van der Waals surface area contributed by atoms with E-state index >= 15 is 0 Å². The first kappa shape index (κ1) is 10.0. The molecule has 2 unspecified atom stereocenters. The molecular formula is C9H14O5. The highest BCUT2D eigenvalue weighted by Crippen LogP contribution is 2.35. The molecular weight excluding hydrogens is 188 g/mol. The molecule has 2 heterocycles. The normalized spacial score (nSPS) is 42.7. The van der Waals surface area contributed by atoms with Crippen molar-refractivity contribution in [3.63, 3.8) is 0 Å². The minimum atomic E-state index is -0.659. The van der Waals surface area contributed by atoms with Gasteiger partial charge in [0.2, 0.25) is 0 Å². The van der Waals surface area contributed by atoms with Gasteiger partial charge in [0.1, 0.15) is 18.5 Å². The second kappa shape index (κ2) is 3.94. The molecule has 0 aliphatic carbocycles. The van der Waals surface area contributed by atoms with Crippen molar-refractivity contribution in [2.75, 3.05) is 0 Å². The van der Waals surface area contributed by atoms with Crippen molar-refractivity contribution in [3.05, 3.63) is 0 Å². The molecule has 80 valence electrons. The van der Waals surface area contributed by atoms with Crippen LogP contribution in [0.5, 0.6) is 0 Å². The Bertz CT molecular complexity index is 219. The molecule has 2 aliphatic rings. The Balaban J connectivity index is 1.80. The van der Waals surface area contributed by atoms with Crippen LogP contribution in [0, 0.1) is 0 Å². The highest BCUT2D eigenvalue weighted by molar-refractivity contribution is 5.49. The van der Waals surface area contributed by atoms with E-state index in [0.29, 0.717) is 12.8 Å². The van der Waals surface area contributed by atoms with Gasteiger partial charge in [-0.3, -0.25) is 0 Å². The van der Waals surface area contributed by atoms with Crippen molar-refractivity contribution in [1.82, 2.24) is 0 Å². The van der Waals surface area contributed by atoms with Crippen LogP contribution in [-0.4, -0.2) is 42.3 Å². The van der Waals surface area contributed by atoms with Gasteiger partial charge in [0, 0.05) is 12.8 Å². The number of carbonyl (C=O) groups excluding carboxylic acids is 1. The van der Waals surface area contributed by atoms with Crippen molar-refractivity contribution in [3.8, 4) is 0 Å². The SMILES string of the molecule is C[C@H](CC=O)O[C@@H]1OC2O[C@@H]2CC1O. The second-order valence-electron chi connectivity index (χ2n) is 3.70. The molecule has 0 amide bonds. The van der Waals surface area contributed by atoms with E-state index in [2.05, 4.69) is 0 Å². The van der Waals surface area contributed by atoms with E-state index in [1.54, 1.807) is 6.92 Å². The molecule has 0 aromatic carbocycles. The van der Waals surface area contributed by atoms with E-state index in [-0.39, 0.29) is 18.5 Å². The Hall–Kier alpha value is -0.490. The zero-order chi connectivity index (χ0) is 10.1. The van der Waals surface area contributed by atoms with Crippen LogP contribution in [0.1, 0.15) is 19.8 Å². The van der Waals surface area contributed by atoms with Gasteiger partial charge in [-0.05, 0) is 6.92 Å². The van der Waals surface area contributed by atoms with Gasteiger partial charge in [-0.1, -0.05) is 0 Å². The van der Waals surface area contributed by atoms with Crippen molar-refractivity contribution in [1.29, 1.82) is 0 Å². The smallest absolute Gasteiger partial charge is 0.187 e. The lowest BCUT2D eigenvalue weighted by Gasteiger charge is -2.27. The van der Waals surface area contributed by atoms with E-state index < -0.39 is 12.4 Å². The largest absolute Gasteiger partial charge is 0.388 e. The van der Waals surface area contributed by atoms with Crippen LogP contribution in [0.2, 0.25) is 0 Å². The monoisotopic (exact) mass is 202 g/mol. The first-order valence-corrected chi connectivity index (χ1v) is 4.79. The van der Waals surface area contributed by atoms with Crippen LogP contribution in [0.15, 0.2) is 0 Å². The maximum absolute atomic E-state index is 10.2. The Labute approximate surface area is 81.9 Å². The minimum Gasteiger partial charge on any atom is -0.388 e. The van der Waals surface area contributed by atoms with Crippen LogP contribution in [0.3, 0.4) is 0 Å². The van der Waals surface area contributed by atoms with Gasteiger partial charge < -0.3 is 24.1 Å². The first-order chi connectivity index (χ1) is 6.70. The summed E-state index contributed by atoms with van der Waals surface area (Å²) >= 11 is 0. The van der Waals surface area contributed by atoms with Crippen molar-refractivity contribution in [2.24, 2.45) is 0 Å². The number of aliphatic hydroxyl groups is 1. The third-order valence-electron chi connectivity index (χ3n) is 2.39. The lowest BCUT2D eigenvalue weighted by atomic mass is 10.1. The number of aliphatic hydroxyl groups excluding tert-OH is 1. The number of epoxide rings is 1. The molecule has 5 nitrogen and oxygen atoms in total. The van der Waals surface area contributed by atoms with Gasteiger partial charge in [-0.15, -0.1) is 0 Å². The van der Waals surface area contributed by atoms with E-state index in [0.717, 1.165) is 6.29 Å². The van der Waals surface area contributed by atoms with Crippen LogP contribution < -0.4 is 0 Å². The van der Waals surface area contributed by atoms with Gasteiger partial charge >= 0.3 is 0 Å². The Morgan fingerprint density at radius 3 is 3.14 bits per heavy atom. The molecule has 5 atom stereocenters. The Morgan fingerprint density at radius 1 is 1.64 bits per heavy atom. The third kappa shape index (κ3) is 2.12. The molecule has 0 radical (unpaired) electrons. The maximum Gasteiger partial charge on any atom is 0.187 e. The summed E-state index contributed by atoms with van der Waals surface area (Å²) in [6.45, 7) is 1.77. The second-order valence-corrected chi connectivity index (χ2v) is 3.70. The van der Waals surface area contributed by atoms with Crippen molar-refractivity contribution >= 4 is 6.29 Å². The van der Waals surface area contributed by atoms with Crippen molar-refractivity contribution in [2.45, 2.75) is 50.7 Å². The molecule has 2 saturated heterocycles.